The summed E-state index contributed by atoms with van der Waals surface area (Å²) in [5, 5.41) is 22.9. The van der Waals surface area contributed by atoms with E-state index < -0.39 is 6.35 Å². The molecule has 0 bridgehead atoms. The number of ether oxygens (including phenoxy) is 1. The fourth-order valence-electron chi connectivity index (χ4n) is 5.21. The molecule has 0 amide bonds. The highest BCUT2D eigenvalue weighted by molar-refractivity contribution is 5.72. The predicted octanol–water partition coefficient (Wildman–Crippen LogP) is 6.13. The molecule has 1 aliphatic heterocycles. The van der Waals surface area contributed by atoms with Gasteiger partial charge in [-0.25, -0.2) is 0 Å². The van der Waals surface area contributed by atoms with E-state index in [2.05, 4.69) is 47.8 Å². The Morgan fingerprint density at radius 1 is 0.971 bits per heavy atom. The van der Waals surface area contributed by atoms with Gasteiger partial charge in [-0.05, 0) is 78.5 Å². The molecule has 5 rings (SSSR count). The molecule has 5 heteroatoms. The summed E-state index contributed by atoms with van der Waals surface area (Å²) >= 11 is 0. The Morgan fingerprint density at radius 3 is 2.44 bits per heavy atom. The monoisotopic (exact) mass is 453 g/mol. The summed E-state index contributed by atoms with van der Waals surface area (Å²) < 4.78 is 5.96. The largest absolute Gasteiger partial charge is 0.490 e. The van der Waals surface area contributed by atoms with Gasteiger partial charge in [-0.15, -0.1) is 0 Å². The van der Waals surface area contributed by atoms with Gasteiger partial charge in [0.1, 0.15) is 12.4 Å². The zero-order valence-corrected chi connectivity index (χ0v) is 19.4. The second-order valence-corrected chi connectivity index (χ2v) is 9.31. The molecular formula is C29H31N3O2. The van der Waals surface area contributed by atoms with Crippen LogP contribution in [-0.2, 0) is 0 Å². The van der Waals surface area contributed by atoms with Crippen LogP contribution in [0.2, 0.25) is 0 Å². The molecule has 1 unspecified atom stereocenters. The van der Waals surface area contributed by atoms with Crippen molar-refractivity contribution in [1.82, 2.24) is 0 Å². The van der Waals surface area contributed by atoms with Gasteiger partial charge in [0.2, 0.25) is 6.35 Å². The van der Waals surface area contributed by atoms with Crippen molar-refractivity contribution in [3.63, 3.8) is 0 Å². The Labute approximate surface area is 201 Å². The van der Waals surface area contributed by atoms with Crippen molar-refractivity contribution >= 4 is 11.4 Å². The molecule has 3 aromatic rings. The molecule has 1 atom stereocenters. The predicted molar refractivity (Wildman–Crippen MR) is 136 cm³/mol. The standard InChI is InChI=1S/C29H31N3O2/c30-17-16-21-6-8-22(9-7-21)23-10-12-24(13-11-23)25-14-15-27-28(20-25)34-19-18-32(27)29(33)31-26-4-2-1-3-5-26/h1-5,10-15,20-22,29,31,33H,6-9,16,18-19H2. The van der Waals surface area contributed by atoms with Crippen LogP contribution in [0, 0.1) is 17.2 Å². The number of aliphatic hydroxyl groups excluding tert-OH is 1. The molecule has 2 aliphatic rings. The number of fused-ring (bicyclic) bond motifs is 1. The molecule has 0 spiro atoms. The van der Waals surface area contributed by atoms with Crippen LogP contribution in [-0.4, -0.2) is 24.6 Å². The Hall–Kier alpha value is -3.49. The fraction of sp³-hybridized carbons (Fsp3) is 0.345. The van der Waals surface area contributed by atoms with E-state index in [1.54, 1.807) is 0 Å². The van der Waals surface area contributed by atoms with E-state index in [-0.39, 0.29) is 0 Å². The molecule has 3 aromatic carbocycles. The van der Waals surface area contributed by atoms with Gasteiger partial charge in [-0.2, -0.15) is 5.26 Å². The minimum absolute atomic E-state index is 0.525. The molecule has 1 saturated carbocycles. The summed E-state index contributed by atoms with van der Waals surface area (Å²) in [7, 11) is 0. The average Bonchev–Trinajstić information content (AvgIpc) is 2.89. The van der Waals surface area contributed by atoms with Gasteiger partial charge in [-0.3, -0.25) is 0 Å². The molecule has 5 nitrogen and oxygen atoms in total. The number of rotatable bonds is 6. The molecule has 2 N–H and O–H groups in total. The van der Waals surface area contributed by atoms with Crippen LogP contribution in [0.1, 0.15) is 43.6 Å². The van der Waals surface area contributed by atoms with E-state index in [1.807, 2.05) is 41.3 Å². The summed E-state index contributed by atoms with van der Waals surface area (Å²) in [6.45, 7) is 1.13. The molecule has 1 aliphatic carbocycles. The van der Waals surface area contributed by atoms with Crippen LogP contribution in [0.25, 0.3) is 11.1 Å². The van der Waals surface area contributed by atoms with Gasteiger partial charge >= 0.3 is 0 Å². The Balaban J connectivity index is 1.28. The van der Waals surface area contributed by atoms with Crippen molar-refractivity contribution in [3.05, 3.63) is 78.4 Å². The highest BCUT2D eigenvalue weighted by atomic mass is 16.5. The van der Waals surface area contributed by atoms with E-state index in [9.17, 15) is 5.11 Å². The maximum absolute atomic E-state index is 10.8. The lowest BCUT2D eigenvalue weighted by Gasteiger charge is -2.35. The second-order valence-electron chi connectivity index (χ2n) is 9.31. The summed E-state index contributed by atoms with van der Waals surface area (Å²) in [6, 6.07) is 27.2. The maximum atomic E-state index is 10.8. The normalized spacial score (nSPS) is 20.5. The molecule has 34 heavy (non-hydrogen) atoms. The number of hydrogen-bond acceptors (Lipinski definition) is 5. The third-order valence-corrected chi connectivity index (χ3v) is 7.17. The highest BCUT2D eigenvalue weighted by Gasteiger charge is 2.25. The first-order valence-electron chi connectivity index (χ1n) is 12.2. The first-order chi connectivity index (χ1) is 16.7. The van der Waals surface area contributed by atoms with Gasteiger partial charge in [0.15, 0.2) is 0 Å². The lowest BCUT2D eigenvalue weighted by Crippen LogP contribution is -2.45. The number of benzene rings is 3. The number of nitriles is 1. The fourth-order valence-corrected chi connectivity index (χ4v) is 5.21. The smallest absolute Gasteiger partial charge is 0.205 e. The summed E-state index contributed by atoms with van der Waals surface area (Å²) in [5.41, 5.74) is 5.42. The van der Waals surface area contributed by atoms with Crippen LogP contribution < -0.4 is 15.0 Å². The summed E-state index contributed by atoms with van der Waals surface area (Å²) in [4.78, 5) is 1.93. The van der Waals surface area contributed by atoms with Crippen molar-refractivity contribution in [1.29, 1.82) is 5.26 Å². The molecule has 1 heterocycles. The van der Waals surface area contributed by atoms with E-state index >= 15 is 0 Å². The minimum atomic E-state index is -0.835. The van der Waals surface area contributed by atoms with E-state index in [0.717, 1.165) is 41.1 Å². The Bertz CT molecular complexity index is 1130. The first kappa shape index (κ1) is 22.3. The number of hydrogen-bond donors (Lipinski definition) is 2. The van der Waals surface area contributed by atoms with Crippen molar-refractivity contribution in [2.24, 2.45) is 5.92 Å². The van der Waals surface area contributed by atoms with Gasteiger partial charge in [0.05, 0.1) is 18.3 Å². The van der Waals surface area contributed by atoms with Crippen LogP contribution in [0.4, 0.5) is 11.4 Å². The Morgan fingerprint density at radius 2 is 1.71 bits per heavy atom. The van der Waals surface area contributed by atoms with Crippen LogP contribution >= 0.6 is 0 Å². The van der Waals surface area contributed by atoms with Crippen LogP contribution in [0.5, 0.6) is 5.75 Å². The third kappa shape index (κ3) is 4.88. The zero-order valence-electron chi connectivity index (χ0n) is 19.4. The van der Waals surface area contributed by atoms with Gasteiger partial charge in [0, 0.05) is 12.1 Å². The molecule has 0 saturated heterocycles. The van der Waals surface area contributed by atoms with Gasteiger partial charge in [0.25, 0.3) is 0 Å². The summed E-state index contributed by atoms with van der Waals surface area (Å²) in [5.74, 6) is 1.97. The number of para-hydroxylation sites is 1. The summed E-state index contributed by atoms with van der Waals surface area (Å²) in [6.07, 6.45) is 4.52. The van der Waals surface area contributed by atoms with Crippen LogP contribution in [0.15, 0.2) is 72.8 Å². The quantitative estimate of drug-likeness (QED) is 0.440. The van der Waals surface area contributed by atoms with Gasteiger partial charge < -0.3 is 20.1 Å². The number of nitrogens with one attached hydrogen (secondary N) is 1. The second kappa shape index (κ2) is 10.2. The van der Waals surface area contributed by atoms with E-state index in [4.69, 9.17) is 10.00 Å². The topological polar surface area (TPSA) is 68.5 Å². The van der Waals surface area contributed by atoms with E-state index in [0.29, 0.717) is 31.4 Å². The SMILES string of the molecule is N#CCC1CCC(c2ccc(-c3ccc4c(c3)OCCN4C(O)Nc3ccccc3)cc2)CC1. The lowest BCUT2D eigenvalue weighted by molar-refractivity contribution is 0.179. The zero-order chi connectivity index (χ0) is 23.3. The lowest BCUT2D eigenvalue weighted by atomic mass is 9.77. The third-order valence-electron chi connectivity index (χ3n) is 7.17. The van der Waals surface area contributed by atoms with Gasteiger partial charge in [-0.1, -0.05) is 48.5 Å². The highest BCUT2D eigenvalue weighted by Crippen LogP contribution is 2.39. The minimum Gasteiger partial charge on any atom is -0.490 e. The number of nitrogens with zero attached hydrogens (tertiary/aromatic N) is 2. The molecule has 1 fully saturated rings. The maximum Gasteiger partial charge on any atom is 0.205 e. The first-order valence-corrected chi connectivity index (χ1v) is 12.2. The Kier molecular flexibility index (Phi) is 6.69. The molecule has 174 valence electrons. The van der Waals surface area contributed by atoms with Crippen molar-refractivity contribution in [3.8, 4) is 22.9 Å². The van der Waals surface area contributed by atoms with Crippen LogP contribution in [0.3, 0.4) is 0 Å². The molecular weight excluding hydrogens is 422 g/mol. The van der Waals surface area contributed by atoms with Crippen molar-refractivity contribution < 1.29 is 9.84 Å². The van der Waals surface area contributed by atoms with Crippen molar-refractivity contribution in [2.45, 2.75) is 44.4 Å². The molecule has 0 radical (unpaired) electrons. The number of anilines is 2. The molecule has 0 aromatic heterocycles. The number of aliphatic hydroxyl groups is 1. The average molecular weight is 454 g/mol. The van der Waals surface area contributed by atoms with E-state index in [1.165, 1.54) is 18.4 Å². The van der Waals surface area contributed by atoms with Crippen molar-refractivity contribution in [2.75, 3.05) is 23.4 Å².